The van der Waals surface area contributed by atoms with E-state index in [1.54, 1.807) is 43.5 Å². The van der Waals surface area contributed by atoms with Crippen molar-refractivity contribution in [2.45, 2.75) is 24.6 Å². The molecule has 0 radical (unpaired) electrons. The highest BCUT2D eigenvalue weighted by molar-refractivity contribution is 6.09. The number of carbonyl (C=O) groups is 3. The van der Waals surface area contributed by atoms with Crippen molar-refractivity contribution in [3.63, 3.8) is 0 Å². The van der Waals surface area contributed by atoms with Gasteiger partial charge in [0.05, 0.1) is 43.5 Å². The highest BCUT2D eigenvalue weighted by Gasteiger charge is 2.45. The molecule has 3 aromatic carbocycles. The number of nitrogens with zero attached hydrogens (tertiary/aromatic N) is 1. The van der Waals surface area contributed by atoms with Crippen LogP contribution in [0.25, 0.3) is 10.8 Å². The first-order valence-electron chi connectivity index (χ1n) is 12.9. The van der Waals surface area contributed by atoms with Crippen LogP contribution in [0.1, 0.15) is 28.4 Å². The average Bonchev–Trinajstić information content (AvgIpc) is 2.97. The Balaban J connectivity index is 1.76. The zero-order valence-electron chi connectivity index (χ0n) is 22.5. The topological polar surface area (TPSA) is 144 Å². The zero-order chi connectivity index (χ0) is 29.4. The molecule has 1 aliphatic heterocycles. The number of carbonyl (C=O) groups excluding carboxylic acids is 2. The van der Waals surface area contributed by atoms with E-state index in [1.165, 1.54) is 11.0 Å². The molecule has 0 spiro atoms. The van der Waals surface area contributed by atoms with Gasteiger partial charge in [0.1, 0.15) is 12.4 Å². The third kappa shape index (κ3) is 7.01. The summed E-state index contributed by atoms with van der Waals surface area (Å²) < 4.78 is 21.0. The van der Waals surface area contributed by atoms with E-state index in [4.69, 9.17) is 18.9 Å². The molecule has 0 fully saturated rings. The molecule has 0 saturated carbocycles. The maximum Gasteiger partial charge on any atom is 0.408 e. The van der Waals surface area contributed by atoms with Gasteiger partial charge in [0.25, 0.3) is 5.91 Å². The van der Waals surface area contributed by atoms with Crippen LogP contribution in [-0.4, -0.2) is 74.1 Å². The molecule has 3 atom stereocenters. The van der Waals surface area contributed by atoms with E-state index < -0.39 is 42.6 Å². The first-order valence-corrected chi connectivity index (χ1v) is 12.9. The van der Waals surface area contributed by atoms with Gasteiger partial charge in [0, 0.05) is 18.2 Å². The third-order valence-corrected chi connectivity index (χ3v) is 6.61. The highest BCUT2D eigenvalue weighted by Crippen LogP contribution is 2.41. The molecule has 1 heterocycles. The molecule has 1 aliphatic rings. The number of amides is 2. The Hall–Kier alpha value is -4.45. The third-order valence-electron chi connectivity index (χ3n) is 6.61. The number of anilines is 1. The predicted octanol–water partition coefficient (Wildman–Crippen LogP) is 3.66. The summed E-state index contributed by atoms with van der Waals surface area (Å²) in [4.78, 5) is 39.7. The Labute approximate surface area is 236 Å². The van der Waals surface area contributed by atoms with Gasteiger partial charge in [0.2, 0.25) is 0 Å². The number of carboxylic acid groups (broad SMARTS) is 1. The lowest BCUT2D eigenvalue weighted by Gasteiger charge is -2.44. The number of nitrogens with one attached hydrogen (secondary N) is 1. The molecule has 3 N–H and O–H groups in total. The molecule has 0 bridgehead atoms. The summed E-state index contributed by atoms with van der Waals surface area (Å²) in [5, 5.41) is 25.6. The number of fused-ring (bicyclic) bond motifs is 2. The summed E-state index contributed by atoms with van der Waals surface area (Å²) in [5.41, 5.74) is 0.945. The van der Waals surface area contributed by atoms with Crippen LogP contribution in [0, 0.1) is 0 Å². The van der Waals surface area contributed by atoms with Crippen LogP contribution in [0.4, 0.5) is 10.5 Å². The van der Waals surface area contributed by atoms with Crippen molar-refractivity contribution in [3.05, 3.63) is 84.4 Å². The number of aliphatic hydroxyl groups is 1. The molecule has 216 valence electrons. The molecule has 11 nitrogen and oxygen atoms in total. The van der Waals surface area contributed by atoms with E-state index in [0.717, 1.165) is 10.8 Å². The molecule has 41 heavy (non-hydrogen) atoms. The second-order valence-electron chi connectivity index (χ2n) is 9.29. The summed E-state index contributed by atoms with van der Waals surface area (Å²) in [6, 6.07) is 15.1. The lowest BCUT2D eigenvalue weighted by Crippen LogP contribution is -2.57. The van der Waals surface area contributed by atoms with E-state index >= 15 is 0 Å². The molecule has 4 rings (SSSR count). The summed E-state index contributed by atoms with van der Waals surface area (Å²) in [5.74, 6) is -1.39. The van der Waals surface area contributed by atoms with Crippen LogP contribution in [0.2, 0.25) is 0 Å². The Bertz CT molecular complexity index is 1410. The van der Waals surface area contributed by atoms with Gasteiger partial charge >= 0.3 is 12.1 Å². The smallest absolute Gasteiger partial charge is 0.408 e. The second-order valence-corrected chi connectivity index (χ2v) is 9.29. The van der Waals surface area contributed by atoms with Crippen LogP contribution in [-0.2, 0) is 19.0 Å². The van der Waals surface area contributed by atoms with Crippen LogP contribution in [0.3, 0.4) is 0 Å². The van der Waals surface area contributed by atoms with E-state index in [9.17, 15) is 24.6 Å². The average molecular weight is 565 g/mol. The van der Waals surface area contributed by atoms with Crippen molar-refractivity contribution in [2.75, 3.05) is 38.6 Å². The summed E-state index contributed by atoms with van der Waals surface area (Å²) >= 11 is 0. The van der Waals surface area contributed by atoms with Crippen LogP contribution < -0.4 is 15.0 Å². The van der Waals surface area contributed by atoms with Crippen molar-refractivity contribution in [3.8, 4) is 5.75 Å². The Morgan fingerprint density at radius 3 is 2.56 bits per heavy atom. The van der Waals surface area contributed by atoms with Gasteiger partial charge in [-0.15, -0.1) is 0 Å². The molecular formula is C30H32N2O9. The first kappa shape index (κ1) is 29.5. The van der Waals surface area contributed by atoms with E-state index in [0.29, 0.717) is 35.8 Å². The minimum absolute atomic E-state index is 0.0748. The van der Waals surface area contributed by atoms with E-state index in [-0.39, 0.29) is 13.4 Å². The summed E-state index contributed by atoms with van der Waals surface area (Å²) in [6.45, 7) is 4.04. The SMILES string of the molecule is C=CCOC(=O)N[C@H]1c2cc(OCOCCOC)ccc2N(C(=O)c2ccc3ccccc3c2)[C@@H](CC(=O)O)[C@@H]1O. The number of carboxylic acids is 1. The molecular weight excluding hydrogens is 532 g/mol. The van der Waals surface area contributed by atoms with Gasteiger partial charge in [-0.3, -0.25) is 9.59 Å². The molecule has 0 aromatic heterocycles. The number of hydrogen-bond acceptors (Lipinski definition) is 8. The van der Waals surface area contributed by atoms with Gasteiger partial charge in [-0.25, -0.2) is 4.79 Å². The van der Waals surface area contributed by atoms with Crippen LogP contribution >= 0.6 is 0 Å². The fraction of sp³-hybridized carbons (Fsp3) is 0.300. The molecule has 0 aliphatic carbocycles. The molecule has 0 saturated heterocycles. The van der Waals surface area contributed by atoms with Gasteiger partial charge in [0.15, 0.2) is 6.79 Å². The quantitative estimate of drug-likeness (QED) is 0.171. The Kier molecular flexibility index (Phi) is 9.91. The zero-order valence-corrected chi connectivity index (χ0v) is 22.5. The maximum atomic E-state index is 14.0. The lowest BCUT2D eigenvalue weighted by atomic mass is 9.86. The lowest BCUT2D eigenvalue weighted by molar-refractivity contribution is -0.138. The fourth-order valence-electron chi connectivity index (χ4n) is 4.72. The number of alkyl carbamates (subject to hydrolysis) is 1. The number of methoxy groups -OCH3 is 1. The second kappa shape index (κ2) is 13.8. The van der Waals surface area contributed by atoms with Gasteiger partial charge in [-0.1, -0.05) is 43.0 Å². The van der Waals surface area contributed by atoms with E-state index in [2.05, 4.69) is 11.9 Å². The number of ether oxygens (including phenoxy) is 4. The van der Waals surface area contributed by atoms with Crippen molar-refractivity contribution >= 4 is 34.4 Å². The standard InChI is InChI=1S/C30H32N2O9/c1-3-12-40-30(37)31-27-23-16-22(41-18-39-14-13-38-2)10-11-24(23)32(25(28(27)35)17-26(33)34)29(36)21-9-8-19-6-4-5-7-20(19)15-21/h3-11,15-16,25,27-28,35H,1,12-14,17-18H2,2H3,(H,31,37)(H,33,34)/t25-,27-,28-/m0/s1. The minimum atomic E-state index is -1.51. The number of hydrogen-bond donors (Lipinski definition) is 3. The number of aliphatic carboxylic acids is 1. The number of aliphatic hydroxyl groups excluding tert-OH is 1. The normalized spacial score (nSPS) is 17.9. The summed E-state index contributed by atoms with van der Waals surface area (Å²) in [7, 11) is 1.55. The first-order chi connectivity index (χ1) is 19.8. The number of benzene rings is 3. The molecule has 0 unspecified atom stereocenters. The molecule has 11 heteroatoms. The minimum Gasteiger partial charge on any atom is -0.481 e. The Morgan fingerprint density at radius 2 is 1.83 bits per heavy atom. The fourth-order valence-corrected chi connectivity index (χ4v) is 4.72. The Morgan fingerprint density at radius 1 is 1.05 bits per heavy atom. The van der Waals surface area contributed by atoms with Gasteiger partial charge in [-0.2, -0.15) is 0 Å². The summed E-state index contributed by atoms with van der Waals surface area (Å²) in [6.07, 6.45) is -1.55. The van der Waals surface area contributed by atoms with Gasteiger partial charge in [-0.05, 0) is 41.1 Å². The van der Waals surface area contributed by atoms with E-state index in [1.807, 2.05) is 24.3 Å². The van der Waals surface area contributed by atoms with Crippen LogP contribution in [0.15, 0.2) is 73.3 Å². The van der Waals surface area contributed by atoms with Crippen molar-refractivity contribution in [2.24, 2.45) is 0 Å². The predicted molar refractivity (Wildman–Crippen MR) is 150 cm³/mol. The highest BCUT2D eigenvalue weighted by atomic mass is 16.7. The number of rotatable bonds is 12. The van der Waals surface area contributed by atoms with Gasteiger partial charge < -0.3 is 39.4 Å². The maximum absolute atomic E-state index is 14.0. The van der Waals surface area contributed by atoms with Crippen molar-refractivity contribution < 1.29 is 43.5 Å². The molecule has 3 aromatic rings. The monoisotopic (exact) mass is 564 g/mol. The van der Waals surface area contributed by atoms with Crippen molar-refractivity contribution in [1.29, 1.82) is 0 Å². The molecule has 2 amide bonds. The largest absolute Gasteiger partial charge is 0.481 e. The van der Waals surface area contributed by atoms with Crippen molar-refractivity contribution in [1.82, 2.24) is 5.32 Å². The van der Waals surface area contributed by atoms with Crippen LogP contribution in [0.5, 0.6) is 5.75 Å².